The van der Waals surface area contributed by atoms with Crippen LogP contribution in [0, 0.1) is 0 Å². The van der Waals surface area contributed by atoms with Crippen molar-refractivity contribution in [2.75, 3.05) is 31.6 Å². The minimum Gasteiger partial charge on any atom is -0.378 e. The summed E-state index contributed by atoms with van der Waals surface area (Å²) in [6.07, 6.45) is 4.16. The van der Waals surface area contributed by atoms with Crippen molar-refractivity contribution in [3.8, 4) is 0 Å². The van der Waals surface area contributed by atoms with Crippen molar-refractivity contribution in [2.24, 2.45) is 5.73 Å². The lowest BCUT2D eigenvalue weighted by Crippen LogP contribution is -2.45. The van der Waals surface area contributed by atoms with Gasteiger partial charge in [-0.1, -0.05) is 0 Å². The predicted octanol–water partition coefficient (Wildman–Crippen LogP) is 0.456. The maximum atomic E-state index is 11.4. The Morgan fingerprint density at radius 1 is 1.40 bits per heavy atom. The molecule has 6 heteroatoms. The highest BCUT2D eigenvalue weighted by molar-refractivity contribution is 5.97. The molecule has 2 aliphatic rings. The molecule has 20 heavy (non-hydrogen) atoms. The molecule has 0 aromatic carbocycles. The summed E-state index contributed by atoms with van der Waals surface area (Å²) in [6, 6.07) is 3.91. The van der Waals surface area contributed by atoms with E-state index in [1.165, 1.54) is 12.8 Å². The first-order valence-electron chi connectivity index (χ1n) is 7.09. The molecule has 2 atom stereocenters. The molecule has 2 saturated heterocycles. The third-order valence-electron chi connectivity index (χ3n) is 4.06. The fraction of sp³-hybridized carbons (Fsp3) is 0.571. The van der Waals surface area contributed by atoms with E-state index in [1.54, 1.807) is 18.3 Å². The molecular weight excluding hydrogens is 256 g/mol. The zero-order chi connectivity index (χ0) is 13.9. The molecule has 3 rings (SSSR count). The second-order valence-electron chi connectivity index (χ2n) is 5.36. The zero-order valence-corrected chi connectivity index (χ0v) is 11.4. The van der Waals surface area contributed by atoms with Crippen molar-refractivity contribution in [3.05, 3.63) is 23.9 Å². The summed E-state index contributed by atoms with van der Waals surface area (Å²) in [5.41, 5.74) is 5.82. The average molecular weight is 276 g/mol. The van der Waals surface area contributed by atoms with Crippen molar-refractivity contribution >= 4 is 11.7 Å². The number of primary amides is 1. The number of hydrogen-bond acceptors (Lipinski definition) is 5. The molecule has 0 aliphatic carbocycles. The number of likely N-dealkylation sites (tertiary alicyclic amines) is 1. The van der Waals surface area contributed by atoms with E-state index in [0.717, 1.165) is 19.7 Å². The van der Waals surface area contributed by atoms with Gasteiger partial charge >= 0.3 is 0 Å². The Balaban J connectivity index is 1.75. The third-order valence-corrected chi connectivity index (χ3v) is 4.06. The van der Waals surface area contributed by atoms with E-state index < -0.39 is 5.91 Å². The molecule has 2 fully saturated rings. The second-order valence-corrected chi connectivity index (χ2v) is 5.36. The number of carbonyl (C=O) groups is 1. The molecule has 1 aromatic heterocycles. The summed E-state index contributed by atoms with van der Waals surface area (Å²) in [6.45, 7) is 3.61. The van der Waals surface area contributed by atoms with Crippen molar-refractivity contribution in [3.63, 3.8) is 0 Å². The number of nitrogens with zero attached hydrogens (tertiary/aromatic N) is 2. The molecule has 6 nitrogen and oxygen atoms in total. The lowest BCUT2D eigenvalue weighted by atomic mass is 10.1. The topological polar surface area (TPSA) is 80.5 Å². The molecule has 0 saturated carbocycles. The Labute approximate surface area is 118 Å². The van der Waals surface area contributed by atoms with Crippen LogP contribution in [0.5, 0.6) is 0 Å². The summed E-state index contributed by atoms with van der Waals surface area (Å²) in [5.74, 6) is 0.0944. The Bertz CT molecular complexity index is 488. The molecular formula is C14H20N4O2. The molecule has 2 aliphatic heterocycles. The van der Waals surface area contributed by atoms with Gasteiger partial charge in [-0.05, 0) is 38.1 Å². The normalized spacial score (nSPS) is 26.8. The number of amides is 1. The van der Waals surface area contributed by atoms with E-state index >= 15 is 0 Å². The highest BCUT2D eigenvalue weighted by atomic mass is 16.5. The van der Waals surface area contributed by atoms with Crippen LogP contribution in [-0.2, 0) is 4.74 Å². The molecule has 0 bridgehead atoms. The van der Waals surface area contributed by atoms with E-state index in [4.69, 9.17) is 10.5 Å². The van der Waals surface area contributed by atoms with Crippen molar-refractivity contribution < 1.29 is 9.53 Å². The maximum absolute atomic E-state index is 11.4. The van der Waals surface area contributed by atoms with Gasteiger partial charge in [0.25, 0.3) is 5.91 Å². The van der Waals surface area contributed by atoms with Gasteiger partial charge in [0.1, 0.15) is 5.82 Å². The fourth-order valence-electron chi connectivity index (χ4n) is 3.01. The number of anilines is 1. The summed E-state index contributed by atoms with van der Waals surface area (Å²) in [7, 11) is 0. The van der Waals surface area contributed by atoms with Crippen LogP contribution in [0.4, 0.5) is 5.82 Å². The molecule has 3 heterocycles. The van der Waals surface area contributed by atoms with Crippen LogP contribution in [0.3, 0.4) is 0 Å². The molecule has 0 unspecified atom stereocenters. The van der Waals surface area contributed by atoms with Gasteiger partial charge in [0.2, 0.25) is 0 Å². The van der Waals surface area contributed by atoms with Crippen LogP contribution in [0.2, 0.25) is 0 Å². The lowest BCUT2D eigenvalue weighted by molar-refractivity contribution is 0.100. The third kappa shape index (κ3) is 2.62. The Kier molecular flexibility index (Phi) is 3.84. The molecule has 108 valence electrons. The summed E-state index contributed by atoms with van der Waals surface area (Å²) in [5, 5.41) is 3.34. The lowest BCUT2D eigenvalue weighted by Gasteiger charge is -2.28. The minimum absolute atomic E-state index is 0.154. The van der Waals surface area contributed by atoms with Gasteiger partial charge in [0.15, 0.2) is 0 Å². The number of pyridine rings is 1. The van der Waals surface area contributed by atoms with Gasteiger partial charge in [0, 0.05) is 6.20 Å². The molecule has 3 N–H and O–H groups in total. The first-order chi connectivity index (χ1) is 9.75. The Morgan fingerprint density at radius 2 is 2.20 bits per heavy atom. The zero-order valence-electron chi connectivity index (χ0n) is 11.4. The highest BCUT2D eigenvalue weighted by Gasteiger charge is 2.34. The quantitative estimate of drug-likeness (QED) is 0.835. The van der Waals surface area contributed by atoms with Crippen LogP contribution in [0.1, 0.15) is 23.2 Å². The van der Waals surface area contributed by atoms with E-state index in [-0.39, 0.29) is 6.04 Å². The monoisotopic (exact) mass is 276 g/mol. The highest BCUT2D eigenvalue weighted by Crippen LogP contribution is 2.22. The number of nitrogens with one attached hydrogen (secondary N) is 1. The number of hydrogen-bond donors (Lipinski definition) is 2. The van der Waals surface area contributed by atoms with Crippen molar-refractivity contribution in [1.29, 1.82) is 0 Å². The minimum atomic E-state index is -0.461. The summed E-state index contributed by atoms with van der Waals surface area (Å²) >= 11 is 0. The molecule has 1 amide bonds. The molecule has 1 aromatic rings. The van der Waals surface area contributed by atoms with Crippen molar-refractivity contribution in [2.45, 2.75) is 24.9 Å². The number of rotatable bonds is 4. The van der Waals surface area contributed by atoms with Crippen LogP contribution in [-0.4, -0.2) is 54.2 Å². The number of ether oxygens (including phenoxy) is 1. The fourth-order valence-corrected chi connectivity index (χ4v) is 3.01. The van der Waals surface area contributed by atoms with E-state index in [1.807, 2.05) is 0 Å². The maximum Gasteiger partial charge on any atom is 0.252 e. The van der Waals surface area contributed by atoms with Crippen LogP contribution in [0.25, 0.3) is 0 Å². The van der Waals surface area contributed by atoms with Gasteiger partial charge in [-0.15, -0.1) is 0 Å². The van der Waals surface area contributed by atoms with Gasteiger partial charge in [-0.2, -0.15) is 0 Å². The van der Waals surface area contributed by atoms with Crippen LogP contribution >= 0.6 is 0 Å². The number of nitrogens with two attached hydrogens (primary N) is 1. The largest absolute Gasteiger partial charge is 0.378 e. The number of aromatic nitrogens is 1. The average Bonchev–Trinajstić information content (AvgIpc) is 3.09. The van der Waals surface area contributed by atoms with Gasteiger partial charge in [0.05, 0.1) is 30.9 Å². The smallest absolute Gasteiger partial charge is 0.252 e. The van der Waals surface area contributed by atoms with Gasteiger partial charge in [-0.25, -0.2) is 4.98 Å². The van der Waals surface area contributed by atoms with E-state index in [2.05, 4.69) is 15.2 Å². The summed E-state index contributed by atoms with van der Waals surface area (Å²) < 4.78 is 5.61. The van der Waals surface area contributed by atoms with Crippen LogP contribution in [0.15, 0.2) is 18.3 Å². The first kappa shape index (κ1) is 13.3. The summed E-state index contributed by atoms with van der Waals surface area (Å²) in [4.78, 5) is 18.1. The Morgan fingerprint density at radius 3 is 2.95 bits per heavy atom. The van der Waals surface area contributed by atoms with E-state index in [9.17, 15) is 4.79 Å². The Hall–Kier alpha value is -1.66. The molecule has 0 spiro atoms. The first-order valence-corrected chi connectivity index (χ1v) is 7.09. The second kappa shape index (κ2) is 5.76. The standard InChI is InChI=1S/C14H20N4O2/c15-13(19)10-4-3-5-16-14(10)17-11-8-20-9-12(11)18-6-1-2-7-18/h3-5,11-12H,1-2,6-9H2,(H2,15,19)(H,16,17)/t11-,12-/m0/s1. The van der Waals surface area contributed by atoms with Gasteiger partial charge < -0.3 is 15.8 Å². The van der Waals surface area contributed by atoms with Crippen LogP contribution < -0.4 is 11.1 Å². The van der Waals surface area contributed by atoms with E-state index in [0.29, 0.717) is 24.0 Å². The number of carbonyl (C=O) groups excluding carboxylic acids is 1. The van der Waals surface area contributed by atoms with Crippen molar-refractivity contribution in [1.82, 2.24) is 9.88 Å². The molecule has 0 radical (unpaired) electrons. The van der Waals surface area contributed by atoms with Gasteiger partial charge in [-0.3, -0.25) is 9.69 Å². The predicted molar refractivity (Wildman–Crippen MR) is 75.6 cm³/mol. The SMILES string of the molecule is NC(=O)c1cccnc1N[C@H]1COC[C@@H]1N1CCCC1.